The molecule has 0 amide bonds. The molecule has 116 valence electrons. The van der Waals surface area contributed by atoms with Crippen molar-refractivity contribution in [2.45, 2.75) is 44.4 Å². The number of hydrogen-bond donors (Lipinski definition) is 5. The van der Waals surface area contributed by atoms with Crippen molar-refractivity contribution < 1.29 is 29.7 Å². The molecule has 3 atom stereocenters. The van der Waals surface area contributed by atoms with Crippen LogP contribution >= 0.6 is 0 Å². The quantitative estimate of drug-likeness (QED) is 0.217. The van der Waals surface area contributed by atoms with Crippen LogP contribution in [0.15, 0.2) is 0 Å². The zero-order chi connectivity index (χ0) is 15.7. The van der Waals surface area contributed by atoms with Gasteiger partial charge in [-0.2, -0.15) is 0 Å². The number of rotatable bonds is 11. The van der Waals surface area contributed by atoms with Gasteiger partial charge in [-0.1, -0.05) is 6.42 Å². The number of aliphatic hydroxyl groups is 2. The number of carbonyl (C=O) groups is 3. The number of hydrogen-bond acceptors (Lipinski definition) is 7. The molecule has 0 aliphatic heterocycles. The van der Waals surface area contributed by atoms with E-state index in [1.807, 2.05) is 0 Å². The number of aliphatic carboxylic acids is 1. The highest BCUT2D eigenvalue weighted by atomic mass is 16.4. The van der Waals surface area contributed by atoms with Crippen LogP contribution in [0.1, 0.15) is 26.2 Å². The monoisotopic (exact) mass is 290 g/mol. The second kappa shape index (κ2) is 9.54. The summed E-state index contributed by atoms with van der Waals surface area (Å²) in [6, 6.07) is -0.879. The Labute approximate surface area is 117 Å². The molecule has 0 rings (SSSR count). The van der Waals surface area contributed by atoms with Gasteiger partial charge >= 0.3 is 5.97 Å². The molecule has 0 aliphatic rings. The van der Waals surface area contributed by atoms with Crippen LogP contribution in [0.5, 0.6) is 0 Å². The lowest BCUT2D eigenvalue weighted by Crippen LogP contribution is -2.43. The number of carboxylic acids is 1. The number of nitrogens with one attached hydrogen (secondary N) is 1. The van der Waals surface area contributed by atoms with E-state index in [2.05, 4.69) is 5.32 Å². The van der Waals surface area contributed by atoms with Gasteiger partial charge < -0.3 is 26.4 Å². The summed E-state index contributed by atoms with van der Waals surface area (Å²) in [4.78, 5) is 32.3. The summed E-state index contributed by atoms with van der Waals surface area (Å²) in [7, 11) is 0. The van der Waals surface area contributed by atoms with Crippen LogP contribution in [-0.4, -0.2) is 64.2 Å². The molecular formula is C12H22N2O6. The molecule has 2 unspecified atom stereocenters. The van der Waals surface area contributed by atoms with E-state index in [9.17, 15) is 24.6 Å². The molecule has 0 fully saturated rings. The van der Waals surface area contributed by atoms with E-state index in [0.29, 0.717) is 25.8 Å². The molecule has 0 aromatic rings. The fraction of sp³-hybridized carbons (Fsp3) is 0.750. The molecule has 0 saturated carbocycles. The van der Waals surface area contributed by atoms with Crippen LogP contribution in [0.25, 0.3) is 0 Å². The molecule has 0 aromatic carbocycles. The summed E-state index contributed by atoms with van der Waals surface area (Å²) in [5.74, 6) is -2.87. The molecule has 0 aliphatic carbocycles. The van der Waals surface area contributed by atoms with Crippen LogP contribution in [0, 0.1) is 0 Å². The topological polar surface area (TPSA) is 150 Å². The van der Waals surface area contributed by atoms with Gasteiger partial charge in [0, 0.05) is 13.5 Å². The van der Waals surface area contributed by atoms with Gasteiger partial charge in [0.2, 0.25) is 5.78 Å². The maximum Gasteiger partial charge on any atom is 0.320 e. The lowest BCUT2D eigenvalue weighted by Gasteiger charge is -2.16. The summed E-state index contributed by atoms with van der Waals surface area (Å²) in [6.45, 7) is 1.47. The normalized spacial score (nSPS) is 15.4. The molecule has 20 heavy (non-hydrogen) atoms. The van der Waals surface area contributed by atoms with Crippen LogP contribution in [-0.2, 0) is 14.4 Å². The average Bonchev–Trinajstić information content (AvgIpc) is 2.39. The molecule has 0 saturated heterocycles. The molecule has 8 heteroatoms. The molecule has 6 N–H and O–H groups in total. The average molecular weight is 290 g/mol. The smallest absolute Gasteiger partial charge is 0.320 e. The highest BCUT2D eigenvalue weighted by Gasteiger charge is 2.26. The van der Waals surface area contributed by atoms with Gasteiger partial charge in [0.1, 0.15) is 12.1 Å². The van der Waals surface area contributed by atoms with E-state index < -0.39 is 35.8 Å². The third-order valence-electron chi connectivity index (χ3n) is 2.77. The van der Waals surface area contributed by atoms with Crippen molar-refractivity contribution in [1.82, 2.24) is 5.32 Å². The molecular weight excluding hydrogens is 268 g/mol. The van der Waals surface area contributed by atoms with Gasteiger partial charge in [0.05, 0.1) is 6.10 Å². The second-order valence-electron chi connectivity index (χ2n) is 4.58. The van der Waals surface area contributed by atoms with Crippen molar-refractivity contribution in [2.75, 3.05) is 13.1 Å². The first-order chi connectivity index (χ1) is 9.27. The van der Waals surface area contributed by atoms with Crippen molar-refractivity contribution in [1.29, 1.82) is 0 Å². The van der Waals surface area contributed by atoms with Gasteiger partial charge in [0.15, 0.2) is 5.78 Å². The minimum absolute atomic E-state index is 0.0365. The van der Waals surface area contributed by atoms with E-state index in [1.165, 1.54) is 0 Å². The van der Waals surface area contributed by atoms with Crippen LogP contribution in [0.2, 0.25) is 0 Å². The van der Waals surface area contributed by atoms with Gasteiger partial charge in [0.25, 0.3) is 0 Å². The number of ketones is 2. The maximum absolute atomic E-state index is 11.1. The lowest BCUT2D eigenvalue weighted by molar-refractivity contribution is -0.144. The van der Waals surface area contributed by atoms with Crippen molar-refractivity contribution in [3.05, 3.63) is 0 Å². The fourth-order valence-corrected chi connectivity index (χ4v) is 1.48. The summed E-state index contributed by atoms with van der Waals surface area (Å²) in [6.07, 6.45) is -1.48. The highest BCUT2D eigenvalue weighted by molar-refractivity contribution is 6.38. The predicted octanol–water partition coefficient (Wildman–Crippen LogP) is -1.96. The number of aliphatic hydroxyl groups excluding tert-OH is 2. The maximum atomic E-state index is 11.1. The Morgan fingerprint density at radius 2 is 1.80 bits per heavy atom. The highest BCUT2D eigenvalue weighted by Crippen LogP contribution is 1.99. The number of carboxylic acid groups (broad SMARTS) is 1. The Morgan fingerprint density at radius 3 is 2.30 bits per heavy atom. The zero-order valence-corrected chi connectivity index (χ0v) is 11.4. The van der Waals surface area contributed by atoms with E-state index in [-0.39, 0.29) is 6.54 Å². The first-order valence-corrected chi connectivity index (χ1v) is 6.37. The fourth-order valence-electron chi connectivity index (χ4n) is 1.48. The van der Waals surface area contributed by atoms with Gasteiger partial charge in [-0.3, -0.25) is 14.4 Å². The lowest BCUT2D eigenvalue weighted by atomic mass is 10.1. The van der Waals surface area contributed by atoms with E-state index in [1.54, 1.807) is 0 Å². The standard InChI is InChI=1S/C12H22N2O6/c1-7(15)10(17)11(18)9(16)6-14-5-3-2-4-8(13)12(19)20/h8-9,11,14,16,18H,2-6,13H2,1H3,(H,19,20)/t8-,9?,11?/m0/s1. The van der Waals surface area contributed by atoms with E-state index in [0.717, 1.165) is 6.92 Å². The van der Waals surface area contributed by atoms with E-state index in [4.69, 9.17) is 10.8 Å². The van der Waals surface area contributed by atoms with Crippen LogP contribution in [0.3, 0.4) is 0 Å². The summed E-state index contributed by atoms with van der Waals surface area (Å²) >= 11 is 0. The summed E-state index contributed by atoms with van der Waals surface area (Å²) in [5, 5.41) is 30.2. The minimum atomic E-state index is -1.72. The van der Waals surface area contributed by atoms with Crippen molar-refractivity contribution in [3.8, 4) is 0 Å². The number of Topliss-reactive ketones (excluding diaryl/α,β-unsaturated/α-hetero) is 2. The molecule has 8 nitrogen and oxygen atoms in total. The first-order valence-electron chi connectivity index (χ1n) is 6.37. The Bertz CT molecular complexity index is 347. The third kappa shape index (κ3) is 7.29. The molecule has 0 radical (unpaired) electrons. The molecule has 0 spiro atoms. The Hall–Kier alpha value is -1.35. The molecule has 0 bridgehead atoms. The Kier molecular flexibility index (Phi) is 8.89. The Morgan fingerprint density at radius 1 is 1.20 bits per heavy atom. The summed E-state index contributed by atoms with van der Waals surface area (Å²) < 4.78 is 0. The number of carbonyl (C=O) groups excluding carboxylic acids is 2. The minimum Gasteiger partial charge on any atom is -0.480 e. The predicted molar refractivity (Wildman–Crippen MR) is 70.0 cm³/mol. The summed E-state index contributed by atoms with van der Waals surface area (Å²) in [5.41, 5.74) is 5.32. The SMILES string of the molecule is CC(=O)C(=O)C(O)C(O)CNCCCC[C@H](N)C(=O)O. The zero-order valence-electron chi connectivity index (χ0n) is 11.4. The largest absolute Gasteiger partial charge is 0.480 e. The van der Waals surface area contributed by atoms with Crippen LogP contribution < -0.4 is 11.1 Å². The second-order valence-corrected chi connectivity index (χ2v) is 4.58. The number of unbranched alkanes of at least 4 members (excludes halogenated alkanes) is 1. The van der Waals surface area contributed by atoms with E-state index >= 15 is 0 Å². The van der Waals surface area contributed by atoms with Gasteiger partial charge in [-0.05, 0) is 19.4 Å². The molecule has 0 heterocycles. The van der Waals surface area contributed by atoms with Gasteiger partial charge in [-0.25, -0.2) is 0 Å². The first kappa shape index (κ1) is 18.7. The molecule has 0 aromatic heterocycles. The third-order valence-corrected chi connectivity index (χ3v) is 2.77. The Balaban J connectivity index is 3.72. The van der Waals surface area contributed by atoms with Gasteiger partial charge in [-0.15, -0.1) is 0 Å². The van der Waals surface area contributed by atoms with Crippen LogP contribution in [0.4, 0.5) is 0 Å². The number of nitrogens with two attached hydrogens (primary N) is 1. The van der Waals surface area contributed by atoms with Crippen molar-refractivity contribution in [3.63, 3.8) is 0 Å². The van der Waals surface area contributed by atoms with Crippen molar-refractivity contribution in [2.24, 2.45) is 5.73 Å². The van der Waals surface area contributed by atoms with Crippen molar-refractivity contribution >= 4 is 17.5 Å².